The summed E-state index contributed by atoms with van der Waals surface area (Å²) in [5.74, 6) is 0. The minimum Gasteiger partial charge on any atom is -0.464 e. The lowest BCUT2D eigenvalue weighted by Crippen LogP contribution is -1.67. The molecule has 0 amide bonds. The van der Waals surface area contributed by atoms with Crippen LogP contribution in [0, 0.1) is 6.92 Å². The van der Waals surface area contributed by atoms with E-state index in [-0.39, 0.29) is 0 Å². The minimum atomic E-state index is 0.942. The van der Waals surface area contributed by atoms with Crippen LogP contribution in [0.5, 0.6) is 0 Å². The second kappa shape index (κ2) is 2.38. The van der Waals surface area contributed by atoms with E-state index in [1.165, 1.54) is 10.9 Å². The minimum absolute atomic E-state index is 0.942. The molecule has 0 aliphatic rings. The number of fused-ring (bicyclic) bond motifs is 1. The van der Waals surface area contributed by atoms with Gasteiger partial charge in [-0.1, -0.05) is 15.9 Å². The van der Waals surface area contributed by atoms with Crippen LogP contribution in [-0.4, -0.2) is 0 Å². The Bertz CT molecular complexity index is 389. The number of aryl methyl sites for hydroxylation is 1. The van der Waals surface area contributed by atoms with E-state index in [1.807, 2.05) is 19.1 Å². The van der Waals surface area contributed by atoms with Crippen LogP contribution in [0.1, 0.15) is 5.56 Å². The normalized spacial score (nSPS) is 10.7. The van der Waals surface area contributed by atoms with Crippen molar-refractivity contribution in [3.8, 4) is 0 Å². The Labute approximate surface area is 73.1 Å². The Morgan fingerprint density at radius 2 is 2.18 bits per heavy atom. The van der Waals surface area contributed by atoms with Gasteiger partial charge in [0.25, 0.3) is 0 Å². The smallest absolute Gasteiger partial charge is 0.135 e. The maximum absolute atomic E-state index is 5.30. The number of furan rings is 1. The van der Waals surface area contributed by atoms with Gasteiger partial charge in [-0.25, -0.2) is 0 Å². The summed E-state index contributed by atoms with van der Waals surface area (Å²) in [5.41, 5.74) is 2.13. The quantitative estimate of drug-likeness (QED) is 0.649. The molecular formula is C9H7BrO. The highest BCUT2D eigenvalue weighted by atomic mass is 79.9. The molecule has 0 radical (unpaired) electrons. The van der Waals surface area contributed by atoms with Gasteiger partial charge in [0.2, 0.25) is 0 Å². The van der Waals surface area contributed by atoms with Crippen molar-refractivity contribution in [2.24, 2.45) is 0 Å². The second-order valence-corrected chi connectivity index (χ2v) is 3.47. The Hall–Kier alpha value is -0.760. The van der Waals surface area contributed by atoms with Gasteiger partial charge in [0.05, 0.1) is 6.26 Å². The maximum atomic E-state index is 5.30. The van der Waals surface area contributed by atoms with Gasteiger partial charge in [-0.3, -0.25) is 0 Å². The average Bonchev–Trinajstić information content (AvgIpc) is 2.32. The molecule has 0 aliphatic heterocycles. The van der Waals surface area contributed by atoms with E-state index in [9.17, 15) is 0 Å². The monoisotopic (exact) mass is 210 g/mol. The van der Waals surface area contributed by atoms with Crippen molar-refractivity contribution in [1.82, 2.24) is 0 Å². The van der Waals surface area contributed by atoms with Crippen molar-refractivity contribution < 1.29 is 4.42 Å². The summed E-state index contributed by atoms with van der Waals surface area (Å²) < 4.78 is 6.35. The molecule has 0 aliphatic carbocycles. The molecule has 0 unspecified atom stereocenters. The van der Waals surface area contributed by atoms with Crippen molar-refractivity contribution >= 4 is 26.9 Å². The summed E-state index contributed by atoms with van der Waals surface area (Å²) in [6, 6.07) is 6.05. The van der Waals surface area contributed by atoms with Crippen molar-refractivity contribution in [2.75, 3.05) is 0 Å². The van der Waals surface area contributed by atoms with Crippen molar-refractivity contribution in [3.05, 3.63) is 34.5 Å². The standard InChI is InChI=1S/C9H7BrO/c1-6-5-11-9-4-7(10)2-3-8(6)9/h2-5H,1H3. The molecule has 56 valence electrons. The zero-order chi connectivity index (χ0) is 7.84. The molecule has 0 saturated heterocycles. The summed E-state index contributed by atoms with van der Waals surface area (Å²) in [5, 5.41) is 1.19. The third-order valence-corrected chi connectivity index (χ3v) is 2.22. The predicted molar refractivity (Wildman–Crippen MR) is 48.7 cm³/mol. The van der Waals surface area contributed by atoms with E-state index in [0.29, 0.717) is 0 Å². The molecule has 1 heterocycles. The zero-order valence-corrected chi connectivity index (χ0v) is 7.68. The molecule has 0 saturated carbocycles. The highest BCUT2D eigenvalue weighted by Crippen LogP contribution is 2.23. The van der Waals surface area contributed by atoms with Gasteiger partial charge in [-0.2, -0.15) is 0 Å². The SMILES string of the molecule is Cc1coc2cc(Br)ccc12. The van der Waals surface area contributed by atoms with Crippen LogP contribution in [0.3, 0.4) is 0 Å². The number of benzene rings is 1. The van der Waals surface area contributed by atoms with E-state index >= 15 is 0 Å². The van der Waals surface area contributed by atoms with E-state index in [4.69, 9.17) is 4.42 Å². The second-order valence-electron chi connectivity index (χ2n) is 2.56. The molecule has 0 atom stereocenters. The van der Waals surface area contributed by atoms with Crippen LogP contribution in [-0.2, 0) is 0 Å². The molecular weight excluding hydrogens is 204 g/mol. The molecule has 1 nitrogen and oxygen atoms in total. The van der Waals surface area contributed by atoms with Gasteiger partial charge in [0, 0.05) is 9.86 Å². The predicted octanol–water partition coefficient (Wildman–Crippen LogP) is 3.50. The van der Waals surface area contributed by atoms with Gasteiger partial charge in [0.1, 0.15) is 5.58 Å². The largest absolute Gasteiger partial charge is 0.464 e. The fourth-order valence-electron chi connectivity index (χ4n) is 1.13. The molecule has 2 aromatic rings. The topological polar surface area (TPSA) is 13.1 Å². The van der Waals surface area contributed by atoms with Gasteiger partial charge in [-0.15, -0.1) is 0 Å². The molecule has 0 spiro atoms. The maximum Gasteiger partial charge on any atom is 0.135 e. The summed E-state index contributed by atoms with van der Waals surface area (Å²) >= 11 is 3.38. The van der Waals surface area contributed by atoms with Crippen molar-refractivity contribution in [3.63, 3.8) is 0 Å². The first kappa shape index (κ1) is 6.92. The summed E-state index contributed by atoms with van der Waals surface area (Å²) in [6.45, 7) is 2.04. The Morgan fingerprint density at radius 1 is 1.36 bits per heavy atom. The third kappa shape index (κ3) is 1.07. The van der Waals surface area contributed by atoms with Gasteiger partial charge >= 0.3 is 0 Å². The van der Waals surface area contributed by atoms with Crippen LogP contribution in [0.2, 0.25) is 0 Å². The number of halogens is 1. The Kier molecular flexibility index (Phi) is 1.50. The lowest BCUT2D eigenvalue weighted by Gasteiger charge is -1.89. The molecule has 0 bridgehead atoms. The number of hydrogen-bond donors (Lipinski definition) is 0. The average molecular weight is 211 g/mol. The van der Waals surface area contributed by atoms with Crippen LogP contribution in [0.4, 0.5) is 0 Å². The molecule has 2 rings (SSSR count). The molecule has 0 fully saturated rings. The van der Waals surface area contributed by atoms with Crippen molar-refractivity contribution in [1.29, 1.82) is 0 Å². The molecule has 1 aromatic heterocycles. The molecule has 2 heteroatoms. The van der Waals surface area contributed by atoms with Crippen LogP contribution in [0.15, 0.2) is 33.4 Å². The van der Waals surface area contributed by atoms with Crippen LogP contribution >= 0.6 is 15.9 Å². The summed E-state index contributed by atoms with van der Waals surface area (Å²) in [4.78, 5) is 0. The summed E-state index contributed by atoms with van der Waals surface area (Å²) in [7, 11) is 0. The highest BCUT2D eigenvalue weighted by molar-refractivity contribution is 9.10. The van der Waals surface area contributed by atoms with Gasteiger partial charge in [-0.05, 0) is 30.7 Å². The van der Waals surface area contributed by atoms with E-state index in [2.05, 4.69) is 22.0 Å². The molecule has 1 aromatic carbocycles. The summed E-state index contributed by atoms with van der Waals surface area (Å²) in [6.07, 6.45) is 1.77. The zero-order valence-electron chi connectivity index (χ0n) is 6.10. The van der Waals surface area contributed by atoms with E-state index in [0.717, 1.165) is 10.1 Å². The lowest BCUT2D eigenvalue weighted by molar-refractivity contribution is 0.613. The van der Waals surface area contributed by atoms with Crippen molar-refractivity contribution in [2.45, 2.75) is 6.92 Å². The molecule has 0 N–H and O–H groups in total. The number of rotatable bonds is 0. The first-order valence-electron chi connectivity index (χ1n) is 3.41. The third-order valence-electron chi connectivity index (χ3n) is 1.73. The Balaban J connectivity index is 2.86. The first-order valence-corrected chi connectivity index (χ1v) is 4.20. The first-order chi connectivity index (χ1) is 5.27. The lowest BCUT2D eigenvalue weighted by atomic mass is 10.2. The molecule has 11 heavy (non-hydrogen) atoms. The van der Waals surface area contributed by atoms with Crippen LogP contribution < -0.4 is 0 Å². The fourth-order valence-corrected chi connectivity index (χ4v) is 1.47. The van der Waals surface area contributed by atoms with E-state index in [1.54, 1.807) is 6.26 Å². The fraction of sp³-hybridized carbons (Fsp3) is 0.111. The van der Waals surface area contributed by atoms with Gasteiger partial charge < -0.3 is 4.42 Å². The van der Waals surface area contributed by atoms with Gasteiger partial charge in [0.15, 0.2) is 0 Å². The van der Waals surface area contributed by atoms with E-state index < -0.39 is 0 Å². The van der Waals surface area contributed by atoms with Crippen LogP contribution in [0.25, 0.3) is 11.0 Å². The number of hydrogen-bond acceptors (Lipinski definition) is 1. The Morgan fingerprint density at radius 3 is 3.00 bits per heavy atom. The highest BCUT2D eigenvalue weighted by Gasteiger charge is 2.00.